The predicted octanol–water partition coefficient (Wildman–Crippen LogP) is 1.40. The average molecular weight is 313 g/mol. The number of carbonyl (C=O) groups is 2. The molecule has 0 aromatic heterocycles. The number of likely N-dealkylation sites (tertiary alicyclic amines) is 1. The van der Waals surface area contributed by atoms with Crippen LogP contribution >= 0.6 is 0 Å². The zero-order chi connectivity index (χ0) is 16.1. The minimum atomic E-state index is 0.0594. The van der Waals surface area contributed by atoms with Crippen LogP contribution in [0.25, 0.3) is 0 Å². The lowest BCUT2D eigenvalue weighted by molar-refractivity contribution is -0.116. The van der Waals surface area contributed by atoms with Gasteiger partial charge in [-0.1, -0.05) is 0 Å². The van der Waals surface area contributed by atoms with Gasteiger partial charge in [-0.2, -0.15) is 0 Å². The second-order valence-electron chi connectivity index (χ2n) is 7.14. The lowest BCUT2D eigenvalue weighted by Crippen LogP contribution is -2.33. The molecule has 5 heteroatoms. The molecule has 4 rings (SSSR count). The maximum atomic E-state index is 12.8. The number of hydrogen-bond acceptors (Lipinski definition) is 3. The number of carbonyl (C=O) groups excluding carboxylic acids is 2. The Kier molecular flexibility index (Phi) is 3.41. The highest BCUT2D eigenvalue weighted by Crippen LogP contribution is 2.38. The van der Waals surface area contributed by atoms with Crippen LogP contribution in [0.15, 0.2) is 18.2 Å². The van der Waals surface area contributed by atoms with Gasteiger partial charge in [0.05, 0.1) is 0 Å². The lowest BCUT2D eigenvalue weighted by Gasteiger charge is -2.20. The van der Waals surface area contributed by atoms with Crippen LogP contribution in [0, 0.1) is 11.8 Å². The van der Waals surface area contributed by atoms with Gasteiger partial charge in [0.15, 0.2) is 0 Å². The third-order valence-corrected chi connectivity index (χ3v) is 5.80. The summed E-state index contributed by atoms with van der Waals surface area (Å²) in [6, 6.07) is 5.99. The van der Waals surface area contributed by atoms with Crippen molar-refractivity contribution >= 4 is 17.5 Å². The van der Waals surface area contributed by atoms with Crippen molar-refractivity contribution in [3.63, 3.8) is 0 Å². The summed E-state index contributed by atoms with van der Waals surface area (Å²) in [5.41, 5.74) is 8.95. The van der Waals surface area contributed by atoms with Gasteiger partial charge in [-0.25, -0.2) is 0 Å². The monoisotopic (exact) mass is 313 g/mol. The molecule has 0 spiro atoms. The molecule has 1 aromatic carbocycles. The first-order valence-electron chi connectivity index (χ1n) is 8.50. The Morgan fingerprint density at radius 2 is 2.04 bits per heavy atom. The molecular formula is C18H23N3O2. The smallest absolute Gasteiger partial charge is 0.253 e. The zero-order valence-electron chi connectivity index (χ0n) is 13.5. The molecule has 3 atom stereocenters. The van der Waals surface area contributed by atoms with Crippen molar-refractivity contribution in [1.29, 1.82) is 0 Å². The highest BCUT2D eigenvalue weighted by Gasteiger charge is 2.42. The first-order chi connectivity index (χ1) is 11.0. The molecule has 23 heavy (non-hydrogen) atoms. The van der Waals surface area contributed by atoms with Crippen molar-refractivity contribution in [2.45, 2.75) is 32.2 Å². The third-order valence-electron chi connectivity index (χ3n) is 5.80. The van der Waals surface area contributed by atoms with Crippen molar-refractivity contribution in [2.75, 3.05) is 24.5 Å². The summed E-state index contributed by atoms with van der Waals surface area (Å²) in [5.74, 6) is 1.22. The van der Waals surface area contributed by atoms with Crippen LogP contribution in [0.5, 0.6) is 0 Å². The fraction of sp³-hybridized carbons (Fsp3) is 0.556. The molecule has 1 saturated heterocycles. The molecule has 1 aliphatic carbocycles. The molecule has 3 aliphatic rings. The minimum Gasteiger partial charge on any atom is -0.338 e. The van der Waals surface area contributed by atoms with Gasteiger partial charge >= 0.3 is 0 Å². The Balaban J connectivity index is 1.53. The van der Waals surface area contributed by atoms with E-state index in [1.165, 1.54) is 0 Å². The van der Waals surface area contributed by atoms with Gasteiger partial charge in [-0.05, 0) is 54.9 Å². The first kappa shape index (κ1) is 14.7. The van der Waals surface area contributed by atoms with Crippen LogP contribution in [0.4, 0.5) is 5.69 Å². The average Bonchev–Trinajstić information content (AvgIpc) is 3.21. The van der Waals surface area contributed by atoms with Crippen LogP contribution in [-0.4, -0.2) is 42.4 Å². The van der Waals surface area contributed by atoms with Crippen LogP contribution in [0.3, 0.4) is 0 Å². The summed E-state index contributed by atoms with van der Waals surface area (Å²) in [7, 11) is 0. The Hall–Kier alpha value is -1.88. The van der Waals surface area contributed by atoms with E-state index in [0.717, 1.165) is 49.2 Å². The second-order valence-corrected chi connectivity index (χ2v) is 7.14. The molecule has 2 heterocycles. The molecule has 1 aromatic rings. The van der Waals surface area contributed by atoms with Crippen molar-refractivity contribution in [1.82, 2.24) is 4.90 Å². The van der Waals surface area contributed by atoms with E-state index in [0.29, 0.717) is 18.4 Å². The number of hydrogen-bond donors (Lipinski definition) is 1. The SMILES string of the molecule is CC(=O)N1CCc2cc(C(=O)N3CC4CCC(N)C4C3)ccc21. The summed E-state index contributed by atoms with van der Waals surface area (Å²) in [5, 5.41) is 0. The molecule has 2 N–H and O–H groups in total. The Morgan fingerprint density at radius 1 is 1.22 bits per heavy atom. The number of nitrogens with zero attached hydrogens (tertiary/aromatic N) is 2. The summed E-state index contributed by atoms with van der Waals surface area (Å²) in [6.07, 6.45) is 3.07. The number of nitrogens with two attached hydrogens (primary N) is 1. The Bertz CT molecular complexity index is 672. The van der Waals surface area contributed by atoms with E-state index in [4.69, 9.17) is 5.73 Å². The number of anilines is 1. The molecule has 0 radical (unpaired) electrons. The molecule has 3 unspecified atom stereocenters. The summed E-state index contributed by atoms with van der Waals surface area (Å²) in [6.45, 7) is 3.93. The van der Waals surface area contributed by atoms with E-state index in [1.54, 1.807) is 11.8 Å². The third kappa shape index (κ3) is 2.34. The minimum absolute atomic E-state index is 0.0594. The molecule has 1 saturated carbocycles. The standard InChI is InChI=1S/C18H23N3O2/c1-11(22)21-7-6-12-8-13(3-5-17(12)21)18(23)20-9-14-2-4-16(19)15(14)10-20/h3,5,8,14-16H,2,4,6-7,9-10,19H2,1H3. The van der Waals surface area contributed by atoms with Gasteiger partial charge in [-0.3, -0.25) is 9.59 Å². The summed E-state index contributed by atoms with van der Waals surface area (Å²) < 4.78 is 0. The number of rotatable bonds is 1. The van der Waals surface area contributed by atoms with E-state index < -0.39 is 0 Å². The maximum absolute atomic E-state index is 12.8. The molecule has 2 fully saturated rings. The first-order valence-corrected chi connectivity index (χ1v) is 8.50. The van der Waals surface area contributed by atoms with Crippen LogP contribution in [-0.2, 0) is 11.2 Å². The normalized spacial score (nSPS) is 28.9. The fourth-order valence-corrected chi connectivity index (χ4v) is 4.52. The fourth-order valence-electron chi connectivity index (χ4n) is 4.52. The highest BCUT2D eigenvalue weighted by atomic mass is 16.2. The Labute approximate surface area is 136 Å². The van der Waals surface area contributed by atoms with Crippen LogP contribution in [0.1, 0.15) is 35.7 Å². The van der Waals surface area contributed by atoms with E-state index >= 15 is 0 Å². The molecule has 2 aliphatic heterocycles. The van der Waals surface area contributed by atoms with Gasteiger partial charge in [0.1, 0.15) is 0 Å². The van der Waals surface area contributed by atoms with Crippen molar-refractivity contribution < 1.29 is 9.59 Å². The Morgan fingerprint density at radius 3 is 2.78 bits per heavy atom. The number of fused-ring (bicyclic) bond motifs is 2. The lowest BCUT2D eigenvalue weighted by atomic mass is 9.98. The summed E-state index contributed by atoms with van der Waals surface area (Å²) >= 11 is 0. The van der Waals surface area contributed by atoms with Gasteiger partial charge in [0.2, 0.25) is 5.91 Å². The van der Waals surface area contributed by atoms with E-state index in [9.17, 15) is 9.59 Å². The second kappa shape index (κ2) is 5.34. The van der Waals surface area contributed by atoms with E-state index in [-0.39, 0.29) is 17.9 Å². The van der Waals surface area contributed by atoms with Gasteiger partial charge in [0.25, 0.3) is 5.91 Å². The summed E-state index contributed by atoms with van der Waals surface area (Å²) in [4.78, 5) is 28.2. The predicted molar refractivity (Wildman–Crippen MR) is 88.3 cm³/mol. The topological polar surface area (TPSA) is 66.6 Å². The van der Waals surface area contributed by atoms with Crippen molar-refractivity contribution in [2.24, 2.45) is 17.6 Å². The zero-order valence-corrected chi connectivity index (χ0v) is 13.5. The van der Waals surface area contributed by atoms with E-state index in [2.05, 4.69) is 0 Å². The largest absolute Gasteiger partial charge is 0.338 e. The molecule has 0 bridgehead atoms. The van der Waals surface area contributed by atoms with E-state index in [1.807, 2.05) is 23.1 Å². The highest BCUT2D eigenvalue weighted by molar-refractivity contribution is 5.98. The van der Waals surface area contributed by atoms with Crippen LogP contribution in [0.2, 0.25) is 0 Å². The maximum Gasteiger partial charge on any atom is 0.253 e. The van der Waals surface area contributed by atoms with Crippen molar-refractivity contribution in [3.8, 4) is 0 Å². The van der Waals surface area contributed by atoms with Gasteiger partial charge < -0.3 is 15.5 Å². The molecule has 5 nitrogen and oxygen atoms in total. The quantitative estimate of drug-likeness (QED) is 0.852. The van der Waals surface area contributed by atoms with Gasteiger partial charge in [0, 0.05) is 43.9 Å². The number of amides is 2. The number of benzene rings is 1. The molecular weight excluding hydrogens is 290 g/mol. The van der Waals surface area contributed by atoms with Crippen LogP contribution < -0.4 is 10.6 Å². The van der Waals surface area contributed by atoms with Gasteiger partial charge in [-0.15, -0.1) is 0 Å². The molecule has 2 amide bonds. The van der Waals surface area contributed by atoms with Crippen molar-refractivity contribution in [3.05, 3.63) is 29.3 Å². The molecule has 122 valence electrons.